The fraction of sp³-hybridized carbons (Fsp3) is 0.417. The molecular weight excluding hydrogens is 469 g/mol. The highest BCUT2D eigenvalue weighted by molar-refractivity contribution is 6.31. The first-order chi connectivity index (χ1) is 16.2. The van der Waals surface area contributed by atoms with Crippen LogP contribution in [-0.2, 0) is 15.8 Å². The number of carbonyl (C=O) groups is 2. The molecule has 0 aromatic heterocycles. The lowest BCUT2D eigenvalue weighted by Crippen LogP contribution is -2.52. The summed E-state index contributed by atoms with van der Waals surface area (Å²) in [5.41, 5.74) is -0.0201. The summed E-state index contributed by atoms with van der Waals surface area (Å²) in [7, 11) is 0. The molecule has 2 aliphatic rings. The van der Waals surface area contributed by atoms with Gasteiger partial charge in [0.05, 0.1) is 17.1 Å². The zero-order valence-corrected chi connectivity index (χ0v) is 19.2. The number of benzene rings is 2. The van der Waals surface area contributed by atoms with Crippen molar-refractivity contribution in [2.45, 2.75) is 31.1 Å². The van der Waals surface area contributed by atoms with E-state index >= 15 is 0 Å². The standard InChI is InChI=1S/C24H26ClF3N4O2/c25-20-9-8-18(14-19(20)24(26,27)28)29-21(33)15-31-10-12-32(13-11-31)22(16-4-2-1-3-5-16)23(34)30-17-6-7-17/h1-5,8-9,14,17,22H,6-7,10-13,15H2,(H,29,33)(H,30,34). The van der Waals surface area contributed by atoms with Crippen LogP contribution in [0.4, 0.5) is 18.9 Å². The van der Waals surface area contributed by atoms with Crippen LogP contribution in [-0.4, -0.2) is 60.4 Å². The van der Waals surface area contributed by atoms with Crippen molar-refractivity contribution in [3.63, 3.8) is 0 Å². The van der Waals surface area contributed by atoms with Crippen LogP contribution >= 0.6 is 11.6 Å². The van der Waals surface area contributed by atoms with Gasteiger partial charge in [-0.15, -0.1) is 0 Å². The Balaban J connectivity index is 1.34. The minimum atomic E-state index is -4.60. The van der Waals surface area contributed by atoms with Crippen LogP contribution in [0, 0.1) is 0 Å². The molecule has 1 saturated carbocycles. The Kier molecular flexibility index (Phi) is 7.45. The number of amides is 2. The molecule has 2 fully saturated rings. The normalized spacial score (nSPS) is 18.4. The van der Waals surface area contributed by atoms with E-state index in [0.717, 1.165) is 30.5 Å². The number of nitrogens with zero attached hydrogens (tertiary/aromatic N) is 2. The zero-order chi connectivity index (χ0) is 24.3. The molecule has 0 spiro atoms. The van der Waals surface area contributed by atoms with Crippen molar-refractivity contribution >= 4 is 29.1 Å². The molecular formula is C24H26ClF3N4O2. The van der Waals surface area contributed by atoms with Gasteiger partial charge in [-0.1, -0.05) is 41.9 Å². The molecule has 1 saturated heterocycles. The van der Waals surface area contributed by atoms with E-state index in [-0.39, 0.29) is 24.2 Å². The number of hydrogen-bond donors (Lipinski definition) is 2. The summed E-state index contributed by atoms with van der Waals surface area (Å²) in [6.07, 6.45) is -2.59. The average Bonchev–Trinajstić information content (AvgIpc) is 3.60. The lowest BCUT2D eigenvalue weighted by atomic mass is 10.0. The van der Waals surface area contributed by atoms with Gasteiger partial charge < -0.3 is 10.6 Å². The van der Waals surface area contributed by atoms with Crippen LogP contribution in [0.2, 0.25) is 5.02 Å². The van der Waals surface area contributed by atoms with E-state index in [2.05, 4.69) is 15.5 Å². The summed E-state index contributed by atoms with van der Waals surface area (Å²) in [6, 6.07) is 12.8. The fourth-order valence-corrected chi connectivity index (χ4v) is 4.30. The highest BCUT2D eigenvalue weighted by Gasteiger charge is 2.35. The van der Waals surface area contributed by atoms with Crippen molar-refractivity contribution in [2.75, 3.05) is 38.0 Å². The maximum atomic E-state index is 13.1. The number of nitrogens with one attached hydrogen (secondary N) is 2. The van der Waals surface area contributed by atoms with Crippen LogP contribution in [0.25, 0.3) is 0 Å². The van der Waals surface area contributed by atoms with Crippen molar-refractivity contribution in [3.8, 4) is 0 Å². The summed E-state index contributed by atoms with van der Waals surface area (Å²) in [5.74, 6) is -0.418. The maximum absolute atomic E-state index is 13.1. The molecule has 2 N–H and O–H groups in total. The minimum Gasteiger partial charge on any atom is -0.352 e. The van der Waals surface area contributed by atoms with E-state index in [0.29, 0.717) is 26.2 Å². The first-order valence-electron chi connectivity index (χ1n) is 11.2. The third-order valence-corrected chi connectivity index (χ3v) is 6.31. The van der Waals surface area contributed by atoms with Gasteiger partial charge in [0.1, 0.15) is 6.04 Å². The van der Waals surface area contributed by atoms with Gasteiger partial charge in [0.25, 0.3) is 0 Å². The smallest absolute Gasteiger partial charge is 0.352 e. The molecule has 4 rings (SSSR count). The predicted molar refractivity (Wildman–Crippen MR) is 123 cm³/mol. The van der Waals surface area contributed by atoms with Gasteiger partial charge in [-0.3, -0.25) is 19.4 Å². The summed E-state index contributed by atoms with van der Waals surface area (Å²) >= 11 is 5.64. The summed E-state index contributed by atoms with van der Waals surface area (Å²) in [5, 5.41) is 5.19. The Morgan fingerprint density at radius 3 is 2.32 bits per heavy atom. The van der Waals surface area contributed by atoms with Crippen LogP contribution in [0.1, 0.15) is 30.0 Å². The van der Waals surface area contributed by atoms with Crippen molar-refractivity contribution < 1.29 is 22.8 Å². The van der Waals surface area contributed by atoms with Crippen LogP contribution in [0.15, 0.2) is 48.5 Å². The number of alkyl halides is 3. The van der Waals surface area contributed by atoms with E-state index in [1.54, 1.807) is 0 Å². The van der Waals surface area contributed by atoms with Gasteiger partial charge in [-0.05, 0) is 36.6 Å². The monoisotopic (exact) mass is 494 g/mol. The Hall–Kier alpha value is -2.62. The number of carbonyl (C=O) groups excluding carboxylic acids is 2. The SMILES string of the molecule is O=C(CN1CCN(C(C(=O)NC2CC2)c2ccccc2)CC1)Nc1ccc(Cl)c(C(F)(F)F)c1. The summed E-state index contributed by atoms with van der Waals surface area (Å²) in [4.78, 5) is 29.4. The molecule has 6 nitrogen and oxygen atoms in total. The molecule has 1 aliphatic heterocycles. The molecule has 2 aromatic carbocycles. The first kappa shape index (κ1) is 24.5. The zero-order valence-electron chi connectivity index (χ0n) is 18.4. The fourth-order valence-electron chi connectivity index (χ4n) is 4.07. The Morgan fingerprint density at radius 2 is 1.71 bits per heavy atom. The van der Waals surface area contributed by atoms with E-state index in [4.69, 9.17) is 11.6 Å². The molecule has 2 amide bonds. The highest BCUT2D eigenvalue weighted by atomic mass is 35.5. The van der Waals surface area contributed by atoms with Crippen LogP contribution in [0.5, 0.6) is 0 Å². The van der Waals surface area contributed by atoms with E-state index < -0.39 is 28.7 Å². The predicted octanol–water partition coefficient (Wildman–Crippen LogP) is 3.93. The van der Waals surface area contributed by atoms with Gasteiger partial charge >= 0.3 is 6.18 Å². The van der Waals surface area contributed by atoms with Gasteiger partial charge in [0.15, 0.2) is 0 Å². The van der Waals surface area contributed by atoms with Crippen LogP contribution < -0.4 is 10.6 Å². The average molecular weight is 495 g/mol. The number of anilines is 1. The third-order valence-electron chi connectivity index (χ3n) is 5.98. The Bertz CT molecular complexity index is 1020. The molecule has 1 heterocycles. The second-order valence-corrected chi connectivity index (χ2v) is 9.06. The van der Waals surface area contributed by atoms with Crippen molar-refractivity contribution in [2.24, 2.45) is 0 Å². The molecule has 2 aromatic rings. The third kappa shape index (κ3) is 6.28. The molecule has 0 bridgehead atoms. The van der Waals surface area contributed by atoms with Crippen molar-refractivity contribution in [1.29, 1.82) is 0 Å². The minimum absolute atomic E-state index is 0.0110. The molecule has 182 valence electrons. The molecule has 1 unspecified atom stereocenters. The van der Waals surface area contributed by atoms with Crippen molar-refractivity contribution in [1.82, 2.24) is 15.1 Å². The van der Waals surface area contributed by atoms with E-state index in [1.165, 1.54) is 6.07 Å². The van der Waals surface area contributed by atoms with Gasteiger partial charge in [0, 0.05) is 37.9 Å². The summed E-state index contributed by atoms with van der Waals surface area (Å²) in [6.45, 7) is 2.33. The van der Waals surface area contributed by atoms with E-state index in [1.807, 2.05) is 35.2 Å². The molecule has 0 radical (unpaired) electrons. The Morgan fingerprint density at radius 1 is 1.03 bits per heavy atom. The largest absolute Gasteiger partial charge is 0.417 e. The van der Waals surface area contributed by atoms with E-state index in [9.17, 15) is 22.8 Å². The molecule has 34 heavy (non-hydrogen) atoms. The number of halogens is 4. The number of hydrogen-bond acceptors (Lipinski definition) is 4. The number of piperazine rings is 1. The molecule has 1 atom stereocenters. The van der Waals surface area contributed by atoms with Gasteiger partial charge in [-0.2, -0.15) is 13.2 Å². The van der Waals surface area contributed by atoms with Gasteiger partial charge in [0.2, 0.25) is 11.8 Å². The van der Waals surface area contributed by atoms with Crippen LogP contribution in [0.3, 0.4) is 0 Å². The van der Waals surface area contributed by atoms with Gasteiger partial charge in [-0.25, -0.2) is 0 Å². The molecule has 10 heteroatoms. The maximum Gasteiger partial charge on any atom is 0.417 e. The second-order valence-electron chi connectivity index (χ2n) is 8.65. The Labute approximate surface area is 201 Å². The highest BCUT2D eigenvalue weighted by Crippen LogP contribution is 2.36. The summed E-state index contributed by atoms with van der Waals surface area (Å²) < 4.78 is 39.2. The molecule has 1 aliphatic carbocycles. The lowest BCUT2D eigenvalue weighted by Gasteiger charge is -2.38. The van der Waals surface area contributed by atoms with Crippen molar-refractivity contribution in [3.05, 3.63) is 64.7 Å². The topological polar surface area (TPSA) is 64.7 Å². The quantitative estimate of drug-likeness (QED) is 0.612. The second kappa shape index (κ2) is 10.3. The lowest BCUT2D eigenvalue weighted by molar-refractivity contribution is -0.137. The first-order valence-corrected chi connectivity index (χ1v) is 11.6. The number of rotatable bonds is 7.